The van der Waals surface area contributed by atoms with Gasteiger partial charge in [-0.3, -0.25) is 19.2 Å². The number of benzene rings is 7. The number of hydrogen-bond acceptors (Lipinski definition) is 5. The molecule has 0 aliphatic carbocycles. The highest BCUT2D eigenvalue weighted by Crippen LogP contribution is 2.54. The smallest absolute Gasteiger partial charge is 0.266 e. The first-order chi connectivity index (χ1) is 26.8. The molecule has 272 valence electrons. The third-order valence-corrected chi connectivity index (χ3v) is 14.4. The van der Waals surface area contributed by atoms with E-state index in [1.54, 1.807) is 48.5 Å². The van der Waals surface area contributed by atoms with Crippen molar-refractivity contribution in [3.8, 4) is 11.5 Å². The highest BCUT2D eigenvalue weighted by molar-refractivity contribution is 8.01. The van der Waals surface area contributed by atoms with Crippen LogP contribution in [-0.4, -0.2) is 23.6 Å². The number of fused-ring (bicyclic) bond motifs is 2. The molecule has 0 saturated heterocycles. The third kappa shape index (κ3) is 5.81. The van der Waals surface area contributed by atoms with Crippen molar-refractivity contribution in [3.63, 3.8) is 0 Å². The summed E-state index contributed by atoms with van der Waals surface area (Å²) < 4.78 is 6.12. The van der Waals surface area contributed by atoms with Gasteiger partial charge in [-0.15, -0.1) is 0 Å². The zero-order valence-electron chi connectivity index (χ0n) is 30.6. The van der Waals surface area contributed by atoms with Crippen LogP contribution in [0.15, 0.2) is 176 Å². The van der Waals surface area contributed by atoms with E-state index in [-0.39, 0.29) is 29.7 Å². The molecule has 0 saturated carbocycles. The molecule has 2 aliphatic heterocycles. The molecule has 7 aromatic carbocycles. The van der Waals surface area contributed by atoms with Crippen molar-refractivity contribution in [1.82, 2.24) is 0 Å². The maximum atomic E-state index is 14.0. The van der Waals surface area contributed by atoms with Crippen LogP contribution in [0.5, 0.6) is 11.5 Å². The summed E-state index contributed by atoms with van der Waals surface area (Å²) in [7, 11) is -2.37. The molecule has 0 fully saturated rings. The zero-order valence-corrected chi connectivity index (χ0v) is 31.5. The molecule has 2 heterocycles. The number of nitrogens with zero attached hydrogens (tertiary/aromatic N) is 2. The lowest BCUT2D eigenvalue weighted by Crippen LogP contribution is -2.38. The van der Waals surface area contributed by atoms with E-state index >= 15 is 0 Å². The van der Waals surface area contributed by atoms with Crippen molar-refractivity contribution in [2.75, 3.05) is 9.80 Å². The number of amides is 4. The van der Waals surface area contributed by atoms with Crippen LogP contribution in [0, 0.1) is 14.4 Å². The first-order valence-corrected chi connectivity index (χ1v) is 19.6. The van der Waals surface area contributed by atoms with Gasteiger partial charge in [0.1, 0.15) is 40.0 Å². The van der Waals surface area contributed by atoms with Gasteiger partial charge >= 0.3 is 0 Å². The minimum atomic E-state index is -2.37. The van der Waals surface area contributed by atoms with Crippen LogP contribution in [0.25, 0.3) is 0 Å². The minimum absolute atomic E-state index is 0. The molecule has 9 rings (SSSR count). The van der Waals surface area contributed by atoms with E-state index in [4.69, 9.17) is 4.74 Å². The van der Waals surface area contributed by atoms with Crippen molar-refractivity contribution in [3.05, 3.63) is 211 Å². The maximum absolute atomic E-state index is 14.0. The fourth-order valence-corrected chi connectivity index (χ4v) is 11.9. The number of ether oxygens (including phenoxy) is 1. The molecule has 0 aromatic heterocycles. The Labute approximate surface area is 325 Å². The van der Waals surface area contributed by atoms with Gasteiger partial charge in [0.2, 0.25) is 0 Å². The number of rotatable bonds is 8. The second-order valence-electron chi connectivity index (χ2n) is 13.4. The molecule has 8 heteroatoms. The number of aryl methyl sites for hydroxylation is 1. The van der Waals surface area contributed by atoms with E-state index < -0.39 is 30.9 Å². The van der Waals surface area contributed by atoms with Gasteiger partial charge in [0.15, 0.2) is 0 Å². The molecule has 0 N–H and O–H groups in total. The summed E-state index contributed by atoms with van der Waals surface area (Å²) in [6.45, 7) is 1.90. The molecular formula is C48H35N2O5P. The Hall–Kier alpha value is -6.95. The van der Waals surface area contributed by atoms with Gasteiger partial charge in [0.25, 0.3) is 23.6 Å². The second kappa shape index (κ2) is 14.4. The molecule has 7 aromatic rings. The van der Waals surface area contributed by atoms with Gasteiger partial charge in [0, 0.05) is 0 Å². The summed E-state index contributed by atoms with van der Waals surface area (Å²) in [5, 5.41) is 4.66. The summed E-state index contributed by atoms with van der Waals surface area (Å²) >= 11 is 0. The molecular weight excluding hydrogens is 716 g/mol. The number of hydrogen-bond donors (Lipinski definition) is 0. The van der Waals surface area contributed by atoms with E-state index in [9.17, 15) is 19.2 Å². The first-order valence-electron chi connectivity index (χ1n) is 17.8. The van der Waals surface area contributed by atoms with Gasteiger partial charge in [-0.05, 0) is 122 Å². The lowest BCUT2D eigenvalue weighted by Gasteiger charge is -2.28. The largest absolute Gasteiger partial charge is 0.457 e. The average molecular weight is 751 g/mol. The summed E-state index contributed by atoms with van der Waals surface area (Å²) in [5.41, 5.74) is 2.88. The molecule has 0 unspecified atom stereocenters. The predicted octanol–water partition coefficient (Wildman–Crippen LogP) is 8.46. The Kier molecular flexibility index (Phi) is 9.25. The molecule has 0 radical (unpaired) electrons. The van der Waals surface area contributed by atoms with Crippen LogP contribution in [-0.2, 0) is 0 Å². The summed E-state index contributed by atoms with van der Waals surface area (Å²) in [4.78, 5) is 56.7. The van der Waals surface area contributed by atoms with E-state index in [0.717, 1.165) is 15.8 Å². The Morgan fingerprint density at radius 3 is 1.25 bits per heavy atom. The van der Waals surface area contributed by atoms with Crippen molar-refractivity contribution in [2.24, 2.45) is 0 Å². The summed E-state index contributed by atoms with van der Waals surface area (Å²) in [5.74, 6) is -1.10. The standard InChI is InChI=1S/C47H32N2O5P.CH3/c1-31-12-11-13-33(28-31)49-45(51)41-27-23-35(30-43(41)47(49)53)54-34-22-26-40-42(29-34)46(52)48(44(40)50)32-20-24-39(25-21-32)55(36-14-5-2-6-15-36,37-16-7-3-8-17-37)38-18-9-4-10-19-38;/h2-30H,1H3;1H3/q+1;-1. The fraction of sp³-hybridized carbons (Fsp3) is 0.0208. The van der Waals surface area contributed by atoms with Gasteiger partial charge in [-0.1, -0.05) is 66.7 Å². The molecule has 0 atom stereocenters. The molecule has 56 heavy (non-hydrogen) atoms. The minimum Gasteiger partial charge on any atom is -0.457 e. The van der Waals surface area contributed by atoms with E-state index in [2.05, 4.69) is 72.8 Å². The monoisotopic (exact) mass is 750 g/mol. The maximum Gasteiger partial charge on any atom is 0.266 e. The number of carbonyl (C=O) groups excluding carboxylic acids is 4. The zero-order chi connectivity index (χ0) is 37.7. The Morgan fingerprint density at radius 1 is 0.393 bits per heavy atom. The Bertz CT molecular complexity index is 2570. The lowest BCUT2D eigenvalue weighted by atomic mass is 10.1. The van der Waals surface area contributed by atoms with Crippen LogP contribution >= 0.6 is 7.26 Å². The third-order valence-electron chi connectivity index (χ3n) is 10.1. The molecule has 4 amide bonds. The quantitative estimate of drug-likeness (QED) is 0.0885. The van der Waals surface area contributed by atoms with Crippen LogP contribution in [0.1, 0.15) is 47.0 Å². The van der Waals surface area contributed by atoms with Crippen LogP contribution in [0.3, 0.4) is 0 Å². The van der Waals surface area contributed by atoms with Crippen LogP contribution in [0.2, 0.25) is 0 Å². The van der Waals surface area contributed by atoms with Gasteiger partial charge < -0.3 is 12.2 Å². The van der Waals surface area contributed by atoms with Gasteiger partial charge in [0.05, 0.1) is 33.6 Å². The van der Waals surface area contributed by atoms with Crippen molar-refractivity contribution in [2.45, 2.75) is 6.92 Å². The number of anilines is 2. The van der Waals surface area contributed by atoms with Crippen molar-refractivity contribution >= 4 is 63.5 Å². The van der Waals surface area contributed by atoms with Crippen molar-refractivity contribution in [1.29, 1.82) is 0 Å². The summed E-state index contributed by atoms with van der Waals surface area (Å²) in [6, 6.07) is 55.9. The number of carbonyl (C=O) groups is 4. The molecule has 2 aliphatic rings. The lowest BCUT2D eigenvalue weighted by molar-refractivity contribution is 0.0910. The second-order valence-corrected chi connectivity index (χ2v) is 16.8. The summed E-state index contributed by atoms with van der Waals surface area (Å²) in [6.07, 6.45) is 0. The molecule has 7 nitrogen and oxygen atoms in total. The van der Waals surface area contributed by atoms with E-state index in [1.165, 1.54) is 26.9 Å². The topological polar surface area (TPSA) is 84.0 Å². The highest BCUT2D eigenvalue weighted by atomic mass is 31.2. The Morgan fingerprint density at radius 2 is 0.804 bits per heavy atom. The highest BCUT2D eigenvalue weighted by Gasteiger charge is 2.48. The van der Waals surface area contributed by atoms with E-state index in [1.807, 2.05) is 55.5 Å². The van der Waals surface area contributed by atoms with Crippen molar-refractivity contribution < 1.29 is 23.9 Å². The molecule has 0 bridgehead atoms. The predicted molar refractivity (Wildman–Crippen MR) is 224 cm³/mol. The normalized spacial score (nSPS) is 13.4. The SMILES string of the molecule is Cc1cccc(N2C(=O)c3ccc(Oc4ccc5c(c4)C(=O)N(c4ccc([P+](c6ccccc6)(c6ccccc6)c6ccccc6)cc4)C5=O)cc3C2=O)c1.[CH3-]. The molecule has 0 spiro atoms. The average Bonchev–Trinajstić information content (AvgIpc) is 3.62. The number of imide groups is 2. The van der Waals surface area contributed by atoms with E-state index in [0.29, 0.717) is 22.9 Å². The van der Waals surface area contributed by atoms with Gasteiger partial charge in [-0.2, -0.15) is 0 Å². The Balaban J connectivity index is 0.00000441. The fourth-order valence-electron chi connectivity index (χ4n) is 7.61. The van der Waals surface area contributed by atoms with Crippen LogP contribution in [0.4, 0.5) is 11.4 Å². The first kappa shape index (κ1) is 36.0. The van der Waals surface area contributed by atoms with Crippen LogP contribution < -0.4 is 35.8 Å². The van der Waals surface area contributed by atoms with Gasteiger partial charge in [-0.25, -0.2) is 9.80 Å².